The highest BCUT2D eigenvalue weighted by Gasteiger charge is 2.28. The van der Waals surface area contributed by atoms with Gasteiger partial charge in [0.1, 0.15) is 17.7 Å². The first kappa shape index (κ1) is 18.0. The SMILES string of the molecule is O=C(NC1CCCCN(Cc2cccc(F)c2)C1=O)c1cccc(F)c1. The highest BCUT2D eigenvalue weighted by Crippen LogP contribution is 2.16. The number of nitrogens with zero attached hydrogens (tertiary/aromatic N) is 1. The van der Waals surface area contributed by atoms with Gasteiger partial charge in [-0.2, -0.15) is 0 Å². The van der Waals surface area contributed by atoms with Crippen molar-refractivity contribution in [3.05, 3.63) is 71.3 Å². The average Bonchev–Trinajstić information content (AvgIpc) is 2.78. The van der Waals surface area contributed by atoms with Crippen LogP contribution in [0.5, 0.6) is 0 Å². The van der Waals surface area contributed by atoms with E-state index in [1.165, 1.54) is 30.3 Å². The van der Waals surface area contributed by atoms with Gasteiger partial charge >= 0.3 is 0 Å². The lowest BCUT2D eigenvalue weighted by molar-refractivity contribution is -0.133. The van der Waals surface area contributed by atoms with Crippen molar-refractivity contribution in [1.29, 1.82) is 0 Å². The molecule has 0 aliphatic carbocycles. The average molecular weight is 358 g/mol. The summed E-state index contributed by atoms with van der Waals surface area (Å²) >= 11 is 0. The van der Waals surface area contributed by atoms with Gasteiger partial charge in [-0.05, 0) is 55.2 Å². The quantitative estimate of drug-likeness (QED) is 0.912. The summed E-state index contributed by atoms with van der Waals surface area (Å²) in [5, 5.41) is 2.71. The van der Waals surface area contributed by atoms with Crippen LogP contribution >= 0.6 is 0 Å². The molecular weight excluding hydrogens is 338 g/mol. The first-order valence-electron chi connectivity index (χ1n) is 8.62. The summed E-state index contributed by atoms with van der Waals surface area (Å²) in [4.78, 5) is 26.8. The van der Waals surface area contributed by atoms with E-state index in [2.05, 4.69) is 5.32 Å². The molecule has 1 heterocycles. The minimum absolute atomic E-state index is 0.179. The minimum atomic E-state index is -0.665. The van der Waals surface area contributed by atoms with Gasteiger partial charge in [0.15, 0.2) is 0 Å². The molecule has 136 valence electrons. The fourth-order valence-corrected chi connectivity index (χ4v) is 3.12. The maximum Gasteiger partial charge on any atom is 0.252 e. The van der Waals surface area contributed by atoms with Crippen LogP contribution in [-0.4, -0.2) is 29.3 Å². The molecule has 1 atom stereocenters. The summed E-state index contributed by atoms with van der Waals surface area (Å²) in [6.07, 6.45) is 2.13. The molecule has 1 aliphatic rings. The Bertz CT molecular complexity index is 810. The van der Waals surface area contributed by atoms with Gasteiger partial charge in [0.05, 0.1) is 0 Å². The van der Waals surface area contributed by atoms with Crippen molar-refractivity contribution in [3.8, 4) is 0 Å². The van der Waals surface area contributed by atoms with Gasteiger partial charge in [0.2, 0.25) is 5.91 Å². The number of carbonyl (C=O) groups is 2. The Hall–Kier alpha value is -2.76. The minimum Gasteiger partial charge on any atom is -0.340 e. The van der Waals surface area contributed by atoms with Crippen molar-refractivity contribution in [2.24, 2.45) is 0 Å². The highest BCUT2D eigenvalue weighted by molar-refractivity contribution is 5.97. The monoisotopic (exact) mass is 358 g/mol. The molecule has 26 heavy (non-hydrogen) atoms. The molecule has 0 radical (unpaired) electrons. The van der Waals surface area contributed by atoms with E-state index < -0.39 is 17.8 Å². The number of rotatable bonds is 4. The Labute approximate surface area is 150 Å². The summed E-state index contributed by atoms with van der Waals surface area (Å²) in [7, 11) is 0. The summed E-state index contributed by atoms with van der Waals surface area (Å²) in [6.45, 7) is 0.852. The zero-order valence-electron chi connectivity index (χ0n) is 14.3. The van der Waals surface area contributed by atoms with Gasteiger partial charge < -0.3 is 10.2 Å². The normalized spacial score (nSPS) is 17.7. The molecule has 1 unspecified atom stereocenters. The second kappa shape index (κ2) is 8.08. The van der Waals surface area contributed by atoms with Gasteiger partial charge in [-0.25, -0.2) is 8.78 Å². The van der Waals surface area contributed by atoms with E-state index in [-0.39, 0.29) is 17.3 Å². The Balaban J connectivity index is 1.71. The molecule has 1 saturated heterocycles. The number of likely N-dealkylation sites (tertiary alicyclic amines) is 1. The van der Waals surface area contributed by atoms with Crippen LogP contribution < -0.4 is 5.32 Å². The molecule has 2 amide bonds. The van der Waals surface area contributed by atoms with Crippen molar-refractivity contribution in [1.82, 2.24) is 10.2 Å². The van der Waals surface area contributed by atoms with E-state index in [0.29, 0.717) is 25.1 Å². The highest BCUT2D eigenvalue weighted by atomic mass is 19.1. The smallest absolute Gasteiger partial charge is 0.252 e. The number of halogens is 2. The van der Waals surface area contributed by atoms with Crippen LogP contribution in [0.4, 0.5) is 8.78 Å². The lowest BCUT2D eigenvalue weighted by Crippen LogP contribution is -2.47. The van der Waals surface area contributed by atoms with Crippen LogP contribution in [0.1, 0.15) is 35.2 Å². The number of carbonyl (C=O) groups excluding carboxylic acids is 2. The van der Waals surface area contributed by atoms with Gasteiger partial charge in [0.25, 0.3) is 5.91 Å². The van der Waals surface area contributed by atoms with Crippen LogP contribution in [0.15, 0.2) is 48.5 Å². The van der Waals surface area contributed by atoms with Gasteiger partial charge in [-0.15, -0.1) is 0 Å². The maximum atomic E-state index is 13.4. The molecule has 1 fully saturated rings. The van der Waals surface area contributed by atoms with E-state index in [0.717, 1.165) is 18.9 Å². The molecule has 0 aromatic heterocycles. The van der Waals surface area contributed by atoms with Crippen LogP contribution in [0, 0.1) is 11.6 Å². The molecule has 1 aliphatic heterocycles. The third-order valence-electron chi connectivity index (χ3n) is 4.44. The Kier molecular flexibility index (Phi) is 5.61. The molecule has 0 spiro atoms. The second-order valence-corrected chi connectivity index (χ2v) is 6.42. The van der Waals surface area contributed by atoms with E-state index in [1.807, 2.05) is 0 Å². The van der Waals surface area contributed by atoms with Crippen molar-refractivity contribution in [2.75, 3.05) is 6.54 Å². The van der Waals surface area contributed by atoms with E-state index in [4.69, 9.17) is 0 Å². The molecule has 3 rings (SSSR count). The molecular formula is C20H20F2N2O2. The zero-order valence-corrected chi connectivity index (χ0v) is 14.3. The van der Waals surface area contributed by atoms with Crippen molar-refractivity contribution >= 4 is 11.8 Å². The molecule has 1 N–H and O–H groups in total. The zero-order chi connectivity index (χ0) is 18.5. The Morgan fingerprint density at radius 2 is 1.81 bits per heavy atom. The van der Waals surface area contributed by atoms with E-state index >= 15 is 0 Å². The topological polar surface area (TPSA) is 49.4 Å². The van der Waals surface area contributed by atoms with Gasteiger partial charge in [0, 0.05) is 18.7 Å². The molecule has 2 aromatic carbocycles. The summed E-state index contributed by atoms with van der Waals surface area (Å²) in [6, 6.07) is 10.8. The van der Waals surface area contributed by atoms with Gasteiger partial charge in [-0.1, -0.05) is 18.2 Å². The third kappa shape index (κ3) is 4.45. The molecule has 2 aromatic rings. The molecule has 0 bridgehead atoms. The number of amides is 2. The predicted octanol–water partition coefficient (Wildman–Crippen LogP) is 3.28. The number of hydrogen-bond donors (Lipinski definition) is 1. The lowest BCUT2D eigenvalue weighted by Gasteiger charge is -2.25. The molecule has 4 nitrogen and oxygen atoms in total. The van der Waals surface area contributed by atoms with E-state index in [9.17, 15) is 18.4 Å². The summed E-state index contributed by atoms with van der Waals surface area (Å²) < 4.78 is 26.7. The fraction of sp³-hybridized carbons (Fsp3) is 0.300. The maximum absolute atomic E-state index is 13.4. The Morgan fingerprint density at radius 3 is 2.54 bits per heavy atom. The van der Waals surface area contributed by atoms with Crippen molar-refractivity contribution < 1.29 is 18.4 Å². The van der Waals surface area contributed by atoms with Crippen LogP contribution in [0.25, 0.3) is 0 Å². The molecule has 0 saturated carbocycles. The first-order valence-corrected chi connectivity index (χ1v) is 8.62. The number of benzene rings is 2. The van der Waals surface area contributed by atoms with Crippen LogP contribution in [-0.2, 0) is 11.3 Å². The van der Waals surface area contributed by atoms with Gasteiger partial charge in [-0.3, -0.25) is 9.59 Å². The van der Waals surface area contributed by atoms with Crippen LogP contribution in [0.2, 0.25) is 0 Å². The van der Waals surface area contributed by atoms with E-state index in [1.54, 1.807) is 17.0 Å². The standard InChI is InChI=1S/C20H20F2N2O2/c21-16-7-3-5-14(11-16)13-24-10-2-1-9-18(20(24)26)23-19(25)15-6-4-8-17(22)12-15/h3-8,11-12,18H,1-2,9-10,13H2,(H,23,25). The molecule has 6 heteroatoms. The van der Waals surface area contributed by atoms with Crippen molar-refractivity contribution in [2.45, 2.75) is 31.8 Å². The number of hydrogen-bond acceptors (Lipinski definition) is 2. The predicted molar refractivity (Wildman–Crippen MR) is 93.3 cm³/mol. The summed E-state index contributed by atoms with van der Waals surface area (Å²) in [5.74, 6) is -1.52. The lowest BCUT2D eigenvalue weighted by atomic mass is 10.1. The summed E-state index contributed by atoms with van der Waals surface area (Å²) in [5.41, 5.74) is 0.884. The second-order valence-electron chi connectivity index (χ2n) is 6.42. The number of nitrogens with one attached hydrogen (secondary N) is 1. The largest absolute Gasteiger partial charge is 0.340 e. The Morgan fingerprint density at radius 1 is 1.08 bits per heavy atom. The first-order chi connectivity index (χ1) is 12.5. The fourth-order valence-electron chi connectivity index (χ4n) is 3.12. The van der Waals surface area contributed by atoms with Crippen LogP contribution in [0.3, 0.4) is 0 Å². The van der Waals surface area contributed by atoms with Crippen molar-refractivity contribution in [3.63, 3.8) is 0 Å². The third-order valence-corrected chi connectivity index (χ3v) is 4.44.